The zero-order chi connectivity index (χ0) is 13.9. The summed E-state index contributed by atoms with van der Waals surface area (Å²) in [5, 5.41) is 13.7. The summed E-state index contributed by atoms with van der Waals surface area (Å²) >= 11 is 6.15. The Bertz CT molecular complexity index is 823. The first kappa shape index (κ1) is 12.4. The molecule has 0 spiro atoms. The molecule has 0 aliphatic carbocycles. The van der Waals surface area contributed by atoms with Crippen LogP contribution in [-0.2, 0) is 0 Å². The Balaban J connectivity index is 2.12. The molecule has 20 heavy (non-hydrogen) atoms. The highest BCUT2D eigenvalue weighted by molar-refractivity contribution is 6.35. The van der Waals surface area contributed by atoms with Crippen LogP contribution >= 0.6 is 11.6 Å². The molecular formula is C15H9ClN4. The molecule has 1 N–H and O–H groups in total. The van der Waals surface area contributed by atoms with Crippen LogP contribution in [0.15, 0.2) is 48.8 Å². The van der Waals surface area contributed by atoms with Gasteiger partial charge in [0.15, 0.2) is 0 Å². The van der Waals surface area contributed by atoms with E-state index in [1.54, 1.807) is 30.6 Å². The number of aromatic nitrogens is 2. The Kier molecular flexibility index (Phi) is 3.20. The van der Waals surface area contributed by atoms with Crippen molar-refractivity contribution in [1.82, 2.24) is 9.97 Å². The van der Waals surface area contributed by atoms with Gasteiger partial charge in [0, 0.05) is 17.8 Å². The predicted octanol–water partition coefficient (Wildman–Crippen LogP) is 3.90. The molecule has 0 aliphatic rings. The second kappa shape index (κ2) is 5.16. The van der Waals surface area contributed by atoms with Gasteiger partial charge in [-0.1, -0.05) is 11.6 Å². The first-order valence-electron chi connectivity index (χ1n) is 5.95. The number of rotatable bonds is 2. The van der Waals surface area contributed by atoms with Crippen molar-refractivity contribution < 1.29 is 0 Å². The number of fused-ring (bicyclic) bond motifs is 1. The molecule has 3 aromatic rings. The van der Waals surface area contributed by atoms with E-state index in [-0.39, 0.29) is 0 Å². The van der Waals surface area contributed by atoms with E-state index in [1.807, 2.05) is 18.2 Å². The van der Waals surface area contributed by atoms with Crippen LogP contribution in [0, 0.1) is 11.3 Å². The Morgan fingerprint density at radius 1 is 1.05 bits per heavy atom. The normalized spacial score (nSPS) is 10.2. The molecule has 0 aliphatic heterocycles. The van der Waals surface area contributed by atoms with Gasteiger partial charge in [0.2, 0.25) is 0 Å². The van der Waals surface area contributed by atoms with Crippen LogP contribution in [0.5, 0.6) is 0 Å². The van der Waals surface area contributed by atoms with E-state index in [0.717, 1.165) is 16.6 Å². The minimum absolute atomic E-state index is 0.478. The molecule has 0 amide bonds. The molecule has 1 aromatic carbocycles. The summed E-state index contributed by atoms with van der Waals surface area (Å²) in [7, 11) is 0. The summed E-state index contributed by atoms with van der Waals surface area (Å²) < 4.78 is 0. The van der Waals surface area contributed by atoms with Gasteiger partial charge in [0.25, 0.3) is 0 Å². The third kappa shape index (κ3) is 2.15. The van der Waals surface area contributed by atoms with E-state index in [0.29, 0.717) is 16.4 Å². The van der Waals surface area contributed by atoms with Crippen LogP contribution in [0.2, 0.25) is 5.02 Å². The lowest BCUT2D eigenvalue weighted by atomic mass is 10.2. The number of nitrogens with one attached hydrogen (secondary N) is 1. The summed E-state index contributed by atoms with van der Waals surface area (Å²) in [6.07, 6.45) is 3.34. The molecule has 3 rings (SSSR count). The van der Waals surface area contributed by atoms with E-state index in [4.69, 9.17) is 16.9 Å². The number of halogens is 1. The molecule has 96 valence electrons. The highest BCUT2D eigenvalue weighted by atomic mass is 35.5. The van der Waals surface area contributed by atoms with E-state index in [1.165, 1.54) is 0 Å². The van der Waals surface area contributed by atoms with Gasteiger partial charge >= 0.3 is 0 Å². The molecule has 0 saturated heterocycles. The second-order valence-corrected chi connectivity index (χ2v) is 4.54. The minimum Gasteiger partial charge on any atom is -0.337 e. The van der Waals surface area contributed by atoms with Crippen molar-refractivity contribution in [3.63, 3.8) is 0 Å². The SMILES string of the molecule is N#Cc1cccnc1Nc1ccc(Cl)c2cccnc12. The molecule has 2 aromatic heterocycles. The molecule has 0 unspecified atom stereocenters. The van der Waals surface area contributed by atoms with Crippen molar-refractivity contribution in [2.75, 3.05) is 5.32 Å². The lowest BCUT2D eigenvalue weighted by molar-refractivity contribution is 1.28. The Labute approximate surface area is 120 Å². The number of hydrogen-bond acceptors (Lipinski definition) is 4. The smallest absolute Gasteiger partial charge is 0.148 e. The summed E-state index contributed by atoms with van der Waals surface area (Å²) in [4.78, 5) is 8.52. The van der Waals surface area contributed by atoms with Gasteiger partial charge in [-0.05, 0) is 36.4 Å². The predicted molar refractivity (Wildman–Crippen MR) is 79.0 cm³/mol. The topological polar surface area (TPSA) is 61.6 Å². The maximum atomic E-state index is 9.09. The van der Waals surface area contributed by atoms with Crippen LogP contribution in [-0.4, -0.2) is 9.97 Å². The van der Waals surface area contributed by atoms with E-state index in [9.17, 15) is 0 Å². The van der Waals surface area contributed by atoms with Gasteiger partial charge in [0.1, 0.15) is 11.9 Å². The molecule has 0 bridgehead atoms. The Morgan fingerprint density at radius 2 is 1.85 bits per heavy atom. The number of hydrogen-bond donors (Lipinski definition) is 1. The summed E-state index contributed by atoms with van der Waals surface area (Å²) in [6.45, 7) is 0. The molecule has 5 heteroatoms. The van der Waals surface area contributed by atoms with E-state index < -0.39 is 0 Å². The van der Waals surface area contributed by atoms with Gasteiger partial charge in [-0.15, -0.1) is 0 Å². The molecule has 0 radical (unpaired) electrons. The standard InChI is InChI=1S/C15H9ClN4/c16-12-5-6-13(14-11(12)4-2-7-18-14)20-15-10(9-17)3-1-8-19-15/h1-8H,(H,19,20). The first-order valence-corrected chi connectivity index (χ1v) is 6.33. The van der Waals surface area contributed by atoms with Crippen LogP contribution in [0.1, 0.15) is 5.56 Å². The highest BCUT2D eigenvalue weighted by Gasteiger charge is 2.08. The second-order valence-electron chi connectivity index (χ2n) is 4.13. The summed E-state index contributed by atoms with van der Waals surface area (Å²) in [6, 6.07) is 12.9. The van der Waals surface area contributed by atoms with Crippen LogP contribution in [0.3, 0.4) is 0 Å². The maximum absolute atomic E-state index is 9.09. The van der Waals surface area contributed by atoms with Crippen molar-refractivity contribution in [1.29, 1.82) is 5.26 Å². The number of nitrogens with zero attached hydrogens (tertiary/aromatic N) is 3. The molecule has 0 atom stereocenters. The van der Waals surface area contributed by atoms with Gasteiger partial charge in [0.05, 0.1) is 21.8 Å². The van der Waals surface area contributed by atoms with Crippen LogP contribution < -0.4 is 5.32 Å². The quantitative estimate of drug-likeness (QED) is 0.773. The molecule has 0 fully saturated rings. The van der Waals surface area contributed by atoms with Crippen molar-refractivity contribution in [2.24, 2.45) is 0 Å². The summed E-state index contributed by atoms with van der Waals surface area (Å²) in [5.74, 6) is 0.504. The number of pyridine rings is 2. The van der Waals surface area contributed by atoms with Crippen molar-refractivity contribution >= 4 is 34.0 Å². The van der Waals surface area contributed by atoms with E-state index >= 15 is 0 Å². The van der Waals surface area contributed by atoms with E-state index in [2.05, 4.69) is 21.4 Å². The van der Waals surface area contributed by atoms with Gasteiger partial charge in [-0.2, -0.15) is 5.26 Å². The highest BCUT2D eigenvalue weighted by Crippen LogP contribution is 2.30. The molecule has 4 nitrogen and oxygen atoms in total. The van der Waals surface area contributed by atoms with Gasteiger partial charge in [-0.25, -0.2) is 4.98 Å². The third-order valence-electron chi connectivity index (χ3n) is 2.90. The monoisotopic (exact) mass is 280 g/mol. The fourth-order valence-electron chi connectivity index (χ4n) is 1.96. The molecule has 0 saturated carbocycles. The molecular weight excluding hydrogens is 272 g/mol. The fourth-order valence-corrected chi connectivity index (χ4v) is 2.18. The van der Waals surface area contributed by atoms with Crippen molar-refractivity contribution in [3.05, 3.63) is 59.4 Å². The lowest BCUT2D eigenvalue weighted by Crippen LogP contribution is -1.98. The average molecular weight is 281 g/mol. The maximum Gasteiger partial charge on any atom is 0.148 e. The van der Waals surface area contributed by atoms with Gasteiger partial charge in [-0.3, -0.25) is 4.98 Å². The zero-order valence-electron chi connectivity index (χ0n) is 10.3. The summed E-state index contributed by atoms with van der Waals surface area (Å²) in [5.41, 5.74) is 1.99. The number of benzene rings is 1. The lowest BCUT2D eigenvalue weighted by Gasteiger charge is -2.10. The third-order valence-corrected chi connectivity index (χ3v) is 3.23. The first-order chi connectivity index (χ1) is 9.79. The van der Waals surface area contributed by atoms with Crippen LogP contribution in [0.25, 0.3) is 10.9 Å². The Hall–Kier alpha value is -2.64. The molecule has 2 heterocycles. The fraction of sp³-hybridized carbons (Fsp3) is 0. The van der Waals surface area contributed by atoms with Gasteiger partial charge < -0.3 is 5.32 Å². The van der Waals surface area contributed by atoms with Crippen molar-refractivity contribution in [3.8, 4) is 6.07 Å². The van der Waals surface area contributed by atoms with Crippen molar-refractivity contribution in [2.45, 2.75) is 0 Å². The van der Waals surface area contributed by atoms with Crippen LogP contribution in [0.4, 0.5) is 11.5 Å². The zero-order valence-corrected chi connectivity index (χ0v) is 11.1. The Morgan fingerprint density at radius 3 is 2.70 bits per heavy atom. The number of anilines is 2. The number of nitriles is 1. The minimum atomic E-state index is 0.478. The average Bonchev–Trinajstić information content (AvgIpc) is 2.51. The largest absolute Gasteiger partial charge is 0.337 e.